The predicted molar refractivity (Wildman–Crippen MR) is 116 cm³/mol. The van der Waals surface area contributed by atoms with Crippen molar-refractivity contribution in [2.45, 2.75) is 45.1 Å². The van der Waals surface area contributed by atoms with Gasteiger partial charge in [-0.05, 0) is 67.0 Å². The normalized spacial score (nSPS) is 13.1. The van der Waals surface area contributed by atoms with Gasteiger partial charge in [0, 0.05) is 40.5 Å². The number of para-hydroxylation sites is 1. The lowest BCUT2D eigenvalue weighted by Crippen LogP contribution is -2.08. The Kier molecular flexibility index (Phi) is 4.87. The highest BCUT2D eigenvalue weighted by atomic mass is 16.5. The number of nitrogens with one attached hydrogen (secondary N) is 1. The third kappa shape index (κ3) is 3.63. The van der Waals surface area contributed by atoms with Crippen molar-refractivity contribution in [2.24, 2.45) is 0 Å². The fraction of sp³-hybridized carbons (Fsp3) is 0.280. The van der Waals surface area contributed by atoms with Gasteiger partial charge >= 0.3 is 11.6 Å². The number of hydrogen-bond donors (Lipinski definition) is 1. The molecule has 1 aliphatic rings. The van der Waals surface area contributed by atoms with Crippen molar-refractivity contribution in [3.05, 3.63) is 81.3 Å². The quantitative estimate of drug-likeness (QED) is 0.371. The Hall–Kier alpha value is -3.34. The predicted octanol–water partition coefficient (Wildman–Crippen LogP) is 4.83. The largest absolute Gasteiger partial charge is 0.461 e. The Labute approximate surface area is 173 Å². The van der Waals surface area contributed by atoms with E-state index < -0.39 is 5.63 Å². The molecule has 0 bridgehead atoms. The van der Waals surface area contributed by atoms with Crippen LogP contribution in [0.4, 0.5) is 0 Å². The van der Waals surface area contributed by atoms with Crippen molar-refractivity contribution < 1.29 is 13.9 Å². The molecular formula is C25H23NO4. The van der Waals surface area contributed by atoms with E-state index in [2.05, 4.69) is 17.1 Å². The first-order chi connectivity index (χ1) is 14.7. The first kappa shape index (κ1) is 18.7. The van der Waals surface area contributed by atoms with Gasteiger partial charge in [0.2, 0.25) is 0 Å². The van der Waals surface area contributed by atoms with Crippen molar-refractivity contribution in [2.75, 3.05) is 0 Å². The van der Waals surface area contributed by atoms with Crippen LogP contribution in [-0.2, 0) is 35.4 Å². The SMILES string of the molecule is O=C(CCCc1c[nH]c2ccccc12)OCc1cc(=O)oc2cc3c(cc12)CCC3. The van der Waals surface area contributed by atoms with E-state index in [0.717, 1.165) is 36.6 Å². The standard InChI is InChI=1S/C25H23NO4/c27-24(10-4-7-18-14-26-22-9-2-1-8-20(18)22)29-15-19-13-25(28)30-23-12-17-6-3-5-16(17)11-21(19)23/h1-2,8-9,11-14,26H,3-7,10,15H2. The van der Waals surface area contributed by atoms with Gasteiger partial charge in [-0.3, -0.25) is 4.79 Å². The second-order valence-corrected chi connectivity index (χ2v) is 7.94. The van der Waals surface area contributed by atoms with E-state index in [1.165, 1.54) is 28.1 Å². The molecule has 2 heterocycles. The zero-order valence-corrected chi connectivity index (χ0v) is 16.7. The van der Waals surface area contributed by atoms with E-state index in [-0.39, 0.29) is 12.6 Å². The molecule has 1 N–H and O–H groups in total. The number of esters is 1. The van der Waals surface area contributed by atoms with Gasteiger partial charge in [0.1, 0.15) is 12.2 Å². The van der Waals surface area contributed by atoms with Crippen molar-refractivity contribution in [1.82, 2.24) is 4.98 Å². The molecule has 5 nitrogen and oxygen atoms in total. The van der Waals surface area contributed by atoms with Crippen molar-refractivity contribution >= 4 is 27.8 Å². The van der Waals surface area contributed by atoms with E-state index in [1.54, 1.807) is 0 Å². The smallest absolute Gasteiger partial charge is 0.336 e. The number of fused-ring (bicyclic) bond motifs is 3. The van der Waals surface area contributed by atoms with Gasteiger partial charge in [-0.25, -0.2) is 4.79 Å². The van der Waals surface area contributed by atoms with Crippen LogP contribution >= 0.6 is 0 Å². The number of benzene rings is 2. The molecule has 0 unspecified atom stereocenters. The van der Waals surface area contributed by atoms with Gasteiger partial charge in [0.15, 0.2) is 0 Å². The molecule has 2 aromatic heterocycles. The maximum absolute atomic E-state index is 12.3. The molecule has 0 saturated carbocycles. The van der Waals surface area contributed by atoms with Crippen LogP contribution in [0.3, 0.4) is 0 Å². The number of aryl methyl sites for hydroxylation is 3. The number of H-pyrrole nitrogens is 1. The Morgan fingerprint density at radius 3 is 2.77 bits per heavy atom. The van der Waals surface area contributed by atoms with Crippen molar-refractivity contribution in [3.63, 3.8) is 0 Å². The highest BCUT2D eigenvalue weighted by Gasteiger charge is 2.16. The molecule has 0 fully saturated rings. The van der Waals surface area contributed by atoms with Crippen LogP contribution in [0, 0.1) is 0 Å². The summed E-state index contributed by atoms with van der Waals surface area (Å²) < 4.78 is 10.9. The number of rotatable bonds is 6. The number of aromatic amines is 1. The molecule has 30 heavy (non-hydrogen) atoms. The molecule has 0 atom stereocenters. The van der Waals surface area contributed by atoms with Gasteiger partial charge in [-0.2, -0.15) is 0 Å². The van der Waals surface area contributed by atoms with Crippen LogP contribution in [-0.4, -0.2) is 11.0 Å². The van der Waals surface area contributed by atoms with Crippen LogP contribution in [0.1, 0.15) is 41.5 Å². The Bertz CT molecular complexity index is 1300. The van der Waals surface area contributed by atoms with Crippen LogP contribution in [0.2, 0.25) is 0 Å². The number of carbonyl (C=O) groups excluding carboxylic acids is 1. The summed E-state index contributed by atoms with van der Waals surface area (Å²) in [6.45, 7) is 0.0901. The summed E-state index contributed by atoms with van der Waals surface area (Å²) in [6, 6.07) is 13.6. The highest BCUT2D eigenvalue weighted by Crippen LogP contribution is 2.29. The van der Waals surface area contributed by atoms with Gasteiger partial charge in [0.05, 0.1) is 0 Å². The summed E-state index contributed by atoms with van der Waals surface area (Å²) in [5, 5.41) is 2.06. The summed E-state index contributed by atoms with van der Waals surface area (Å²) in [7, 11) is 0. The minimum absolute atomic E-state index is 0.0901. The zero-order chi connectivity index (χ0) is 20.5. The minimum atomic E-state index is -0.411. The maximum atomic E-state index is 12.3. The molecule has 0 spiro atoms. The second kappa shape index (κ2) is 7.82. The van der Waals surface area contributed by atoms with Crippen molar-refractivity contribution in [3.8, 4) is 0 Å². The van der Waals surface area contributed by atoms with Crippen LogP contribution < -0.4 is 5.63 Å². The monoisotopic (exact) mass is 401 g/mol. The van der Waals surface area contributed by atoms with E-state index in [1.807, 2.05) is 30.5 Å². The fourth-order valence-electron chi connectivity index (χ4n) is 4.41. The lowest BCUT2D eigenvalue weighted by molar-refractivity contribution is -0.145. The lowest BCUT2D eigenvalue weighted by Gasteiger charge is -2.09. The minimum Gasteiger partial charge on any atom is -0.461 e. The Balaban J connectivity index is 1.23. The molecule has 0 radical (unpaired) electrons. The van der Waals surface area contributed by atoms with Crippen LogP contribution in [0.15, 0.2) is 57.9 Å². The van der Waals surface area contributed by atoms with Crippen molar-refractivity contribution in [1.29, 1.82) is 0 Å². The zero-order valence-electron chi connectivity index (χ0n) is 16.7. The number of aromatic nitrogens is 1. The average molecular weight is 401 g/mol. The summed E-state index contributed by atoms with van der Waals surface area (Å²) >= 11 is 0. The molecule has 152 valence electrons. The summed E-state index contributed by atoms with van der Waals surface area (Å²) in [4.78, 5) is 27.5. The van der Waals surface area contributed by atoms with Crippen LogP contribution in [0.5, 0.6) is 0 Å². The number of carbonyl (C=O) groups is 1. The van der Waals surface area contributed by atoms with Gasteiger partial charge in [-0.15, -0.1) is 0 Å². The molecule has 2 aromatic carbocycles. The third-order valence-corrected chi connectivity index (χ3v) is 5.93. The lowest BCUT2D eigenvalue weighted by atomic mass is 10.0. The van der Waals surface area contributed by atoms with E-state index >= 15 is 0 Å². The highest BCUT2D eigenvalue weighted by molar-refractivity contribution is 5.83. The molecule has 4 aromatic rings. The molecule has 5 heteroatoms. The Morgan fingerprint density at radius 2 is 1.87 bits per heavy atom. The third-order valence-electron chi connectivity index (χ3n) is 5.93. The first-order valence-corrected chi connectivity index (χ1v) is 10.5. The molecule has 0 aliphatic heterocycles. The molecular weight excluding hydrogens is 378 g/mol. The number of hydrogen-bond acceptors (Lipinski definition) is 4. The second-order valence-electron chi connectivity index (χ2n) is 7.94. The summed E-state index contributed by atoms with van der Waals surface area (Å²) in [5.74, 6) is -0.252. The van der Waals surface area contributed by atoms with Gasteiger partial charge in [0.25, 0.3) is 0 Å². The molecule has 0 saturated heterocycles. The van der Waals surface area contributed by atoms with E-state index in [0.29, 0.717) is 24.0 Å². The van der Waals surface area contributed by atoms with Crippen LogP contribution in [0.25, 0.3) is 21.9 Å². The van der Waals surface area contributed by atoms with E-state index in [4.69, 9.17) is 9.15 Å². The fourth-order valence-corrected chi connectivity index (χ4v) is 4.41. The number of ether oxygens (including phenoxy) is 1. The van der Waals surface area contributed by atoms with Gasteiger partial charge < -0.3 is 14.1 Å². The summed E-state index contributed by atoms with van der Waals surface area (Å²) in [6.07, 6.45) is 7.05. The molecule has 0 amide bonds. The Morgan fingerprint density at radius 1 is 1.03 bits per heavy atom. The molecule has 5 rings (SSSR count). The molecule has 1 aliphatic carbocycles. The first-order valence-electron chi connectivity index (χ1n) is 10.5. The van der Waals surface area contributed by atoms with Gasteiger partial charge in [-0.1, -0.05) is 18.2 Å². The topological polar surface area (TPSA) is 72.3 Å². The average Bonchev–Trinajstić information content (AvgIpc) is 3.37. The summed E-state index contributed by atoms with van der Waals surface area (Å²) in [5.41, 5.74) is 5.73. The van der Waals surface area contributed by atoms with E-state index in [9.17, 15) is 9.59 Å². The maximum Gasteiger partial charge on any atom is 0.336 e.